The molecule has 0 bridgehead atoms. The molecule has 3 N–H and O–H groups in total. The van der Waals surface area contributed by atoms with Gasteiger partial charge in [0.25, 0.3) is 0 Å². The molecule has 1 aliphatic carbocycles. The standard InChI is InChI=1S/C17H31N3O2.2ClH/c21-14-6-10-20(11-7-14)9-3-8-18-17(22)16-12-13-4-1-2-5-15(13)19-16;;/h13-16,19,21H,1-12H2,(H,18,22);2*1H. The molecule has 0 spiro atoms. The number of nitrogens with zero attached hydrogens (tertiary/aromatic N) is 1. The van der Waals surface area contributed by atoms with E-state index in [1.165, 1.54) is 25.7 Å². The van der Waals surface area contributed by atoms with E-state index in [0.717, 1.165) is 57.8 Å². The Kier molecular flexibility index (Phi) is 9.90. The fourth-order valence-electron chi connectivity index (χ4n) is 4.30. The first-order chi connectivity index (χ1) is 10.7. The highest BCUT2D eigenvalue weighted by atomic mass is 35.5. The first-order valence-corrected chi connectivity index (χ1v) is 9.16. The first kappa shape index (κ1) is 22.0. The van der Waals surface area contributed by atoms with Gasteiger partial charge in [0.15, 0.2) is 0 Å². The molecule has 3 atom stereocenters. The SMILES string of the molecule is Cl.Cl.O=C(NCCCN1CCC(O)CC1)C1CC2CCCCC2N1. The molecule has 2 heterocycles. The van der Waals surface area contributed by atoms with Crippen molar-refractivity contribution in [3.8, 4) is 0 Å². The zero-order chi connectivity index (χ0) is 15.4. The highest BCUT2D eigenvalue weighted by Crippen LogP contribution is 2.33. The van der Waals surface area contributed by atoms with Crippen molar-refractivity contribution in [3.05, 3.63) is 0 Å². The second-order valence-electron chi connectivity index (χ2n) is 7.32. The molecule has 2 aliphatic heterocycles. The van der Waals surface area contributed by atoms with Gasteiger partial charge in [0.2, 0.25) is 5.91 Å². The predicted octanol–water partition coefficient (Wildman–Crippen LogP) is 1.71. The number of fused-ring (bicyclic) bond motifs is 1. The summed E-state index contributed by atoms with van der Waals surface area (Å²) in [5.41, 5.74) is 0. The maximum atomic E-state index is 12.3. The van der Waals surface area contributed by atoms with Crippen LogP contribution in [0.2, 0.25) is 0 Å². The quantitative estimate of drug-likeness (QED) is 0.634. The van der Waals surface area contributed by atoms with E-state index < -0.39 is 0 Å². The third kappa shape index (κ3) is 6.03. The third-order valence-corrected chi connectivity index (χ3v) is 5.69. The molecular weight excluding hydrogens is 349 g/mol. The van der Waals surface area contributed by atoms with Crippen LogP contribution in [0.15, 0.2) is 0 Å². The summed E-state index contributed by atoms with van der Waals surface area (Å²) in [5.74, 6) is 0.924. The van der Waals surface area contributed by atoms with Gasteiger partial charge in [-0.1, -0.05) is 12.8 Å². The highest BCUT2D eigenvalue weighted by Gasteiger charge is 2.37. The first-order valence-electron chi connectivity index (χ1n) is 9.16. The number of hydrogen-bond donors (Lipinski definition) is 3. The van der Waals surface area contributed by atoms with Gasteiger partial charge in [-0.2, -0.15) is 0 Å². The van der Waals surface area contributed by atoms with Gasteiger partial charge in [0, 0.05) is 25.7 Å². The number of nitrogens with one attached hydrogen (secondary N) is 2. The monoisotopic (exact) mass is 381 g/mol. The van der Waals surface area contributed by atoms with Gasteiger partial charge in [-0.05, 0) is 51.0 Å². The molecule has 142 valence electrons. The van der Waals surface area contributed by atoms with E-state index in [1.807, 2.05) is 0 Å². The largest absolute Gasteiger partial charge is 0.393 e. The van der Waals surface area contributed by atoms with E-state index in [4.69, 9.17) is 0 Å². The number of amides is 1. The van der Waals surface area contributed by atoms with E-state index in [9.17, 15) is 9.90 Å². The van der Waals surface area contributed by atoms with Crippen LogP contribution < -0.4 is 10.6 Å². The topological polar surface area (TPSA) is 64.6 Å². The number of hydrogen-bond acceptors (Lipinski definition) is 4. The third-order valence-electron chi connectivity index (χ3n) is 5.69. The van der Waals surface area contributed by atoms with Gasteiger partial charge in [-0.25, -0.2) is 0 Å². The van der Waals surface area contributed by atoms with Crippen LogP contribution in [0.1, 0.15) is 51.4 Å². The molecular formula is C17H33Cl2N3O2. The van der Waals surface area contributed by atoms with Crippen LogP contribution in [0, 0.1) is 5.92 Å². The van der Waals surface area contributed by atoms with Crippen molar-refractivity contribution < 1.29 is 9.90 Å². The zero-order valence-electron chi connectivity index (χ0n) is 14.4. The van der Waals surface area contributed by atoms with E-state index in [-0.39, 0.29) is 42.9 Å². The number of aliphatic hydroxyl groups is 1. The molecule has 0 aromatic carbocycles. The molecule has 3 rings (SSSR count). The summed E-state index contributed by atoms with van der Waals surface area (Å²) in [5, 5.41) is 16.1. The van der Waals surface area contributed by atoms with Gasteiger partial charge in [-0.3, -0.25) is 4.79 Å². The van der Waals surface area contributed by atoms with Crippen LogP contribution in [0.4, 0.5) is 0 Å². The van der Waals surface area contributed by atoms with Crippen LogP contribution in [0.5, 0.6) is 0 Å². The summed E-state index contributed by atoms with van der Waals surface area (Å²) >= 11 is 0. The normalized spacial score (nSPS) is 30.8. The van der Waals surface area contributed by atoms with Crippen molar-refractivity contribution >= 4 is 30.7 Å². The molecule has 0 aromatic heterocycles. The summed E-state index contributed by atoms with van der Waals surface area (Å²) in [4.78, 5) is 14.7. The minimum atomic E-state index is -0.104. The van der Waals surface area contributed by atoms with Gasteiger partial charge in [0.05, 0.1) is 12.1 Å². The summed E-state index contributed by atoms with van der Waals surface area (Å²) in [6.07, 6.45) is 8.89. The number of carbonyl (C=O) groups excluding carboxylic acids is 1. The Labute approximate surface area is 158 Å². The summed E-state index contributed by atoms with van der Waals surface area (Å²) in [6, 6.07) is 0.627. The Bertz CT molecular complexity index is 365. The lowest BCUT2D eigenvalue weighted by atomic mass is 9.85. The molecule has 3 unspecified atom stereocenters. The van der Waals surface area contributed by atoms with E-state index in [1.54, 1.807) is 0 Å². The summed E-state index contributed by atoms with van der Waals surface area (Å²) in [7, 11) is 0. The molecule has 0 aromatic rings. The van der Waals surface area contributed by atoms with Crippen LogP contribution in [-0.2, 0) is 4.79 Å². The maximum absolute atomic E-state index is 12.3. The lowest BCUT2D eigenvalue weighted by Gasteiger charge is -2.29. The van der Waals surface area contributed by atoms with E-state index >= 15 is 0 Å². The van der Waals surface area contributed by atoms with E-state index in [2.05, 4.69) is 15.5 Å². The lowest BCUT2D eigenvalue weighted by molar-refractivity contribution is -0.122. The lowest BCUT2D eigenvalue weighted by Crippen LogP contribution is -2.44. The molecule has 5 nitrogen and oxygen atoms in total. The second-order valence-corrected chi connectivity index (χ2v) is 7.32. The molecule has 3 aliphatic rings. The fourth-order valence-corrected chi connectivity index (χ4v) is 4.30. The average Bonchev–Trinajstić information content (AvgIpc) is 2.97. The van der Waals surface area contributed by atoms with Crippen LogP contribution >= 0.6 is 24.8 Å². The van der Waals surface area contributed by atoms with Crippen molar-refractivity contribution in [1.82, 2.24) is 15.5 Å². The molecule has 0 radical (unpaired) electrons. The molecule has 1 amide bonds. The molecule has 7 heteroatoms. The van der Waals surface area contributed by atoms with Gasteiger partial charge < -0.3 is 20.6 Å². The number of rotatable bonds is 5. The summed E-state index contributed by atoms with van der Waals surface area (Å²) < 4.78 is 0. The average molecular weight is 382 g/mol. The minimum Gasteiger partial charge on any atom is -0.393 e. The van der Waals surface area contributed by atoms with Crippen molar-refractivity contribution in [2.75, 3.05) is 26.2 Å². The number of carbonyl (C=O) groups is 1. The van der Waals surface area contributed by atoms with Crippen molar-refractivity contribution in [2.45, 2.75) is 69.6 Å². The van der Waals surface area contributed by atoms with Gasteiger partial charge in [0.1, 0.15) is 0 Å². The van der Waals surface area contributed by atoms with Crippen molar-refractivity contribution in [3.63, 3.8) is 0 Å². The van der Waals surface area contributed by atoms with Gasteiger partial charge >= 0.3 is 0 Å². The Balaban J connectivity index is 0.00000144. The minimum absolute atomic E-state index is 0. The number of halogens is 2. The number of piperidine rings is 1. The Morgan fingerprint density at radius 1 is 1.12 bits per heavy atom. The Morgan fingerprint density at radius 2 is 1.83 bits per heavy atom. The molecule has 3 fully saturated rings. The maximum Gasteiger partial charge on any atom is 0.237 e. The van der Waals surface area contributed by atoms with Crippen molar-refractivity contribution in [1.29, 1.82) is 0 Å². The van der Waals surface area contributed by atoms with E-state index in [0.29, 0.717) is 6.04 Å². The Morgan fingerprint density at radius 3 is 2.54 bits per heavy atom. The molecule has 24 heavy (non-hydrogen) atoms. The second kappa shape index (κ2) is 10.8. The predicted molar refractivity (Wildman–Crippen MR) is 101 cm³/mol. The smallest absolute Gasteiger partial charge is 0.237 e. The van der Waals surface area contributed by atoms with Crippen molar-refractivity contribution in [2.24, 2.45) is 5.92 Å². The molecule has 1 saturated carbocycles. The van der Waals surface area contributed by atoms with Crippen LogP contribution in [0.25, 0.3) is 0 Å². The Hall–Kier alpha value is -0.0700. The fraction of sp³-hybridized carbons (Fsp3) is 0.941. The van der Waals surface area contributed by atoms with Crippen LogP contribution in [0.3, 0.4) is 0 Å². The summed E-state index contributed by atoms with van der Waals surface area (Å²) in [6.45, 7) is 3.77. The number of aliphatic hydroxyl groups excluding tert-OH is 1. The van der Waals surface area contributed by atoms with Crippen LogP contribution in [-0.4, -0.2) is 60.3 Å². The molecule has 2 saturated heterocycles. The zero-order valence-corrected chi connectivity index (χ0v) is 16.0. The number of likely N-dealkylation sites (tertiary alicyclic amines) is 1. The highest BCUT2D eigenvalue weighted by molar-refractivity contribution is 5.85. The van der Waals surface area contributed by atoms with Gasteiger partial charge in [-0.15, -0.1) is 24.8 Å².